The molecule has 1 fully saturated rings. The van der Waals surface area contributed by atoms with Gasteiger partial charge in [0.15, 0.2) is 6.29 Å². The van der Waals surface area contributed by atoms with Crippen LogP contribution < -0.4 is 0 Å². The fourth-order valence-electron chi connectivity index (χ4n) is 1.78. The van der Waals surface area contributed by atoms with Crippen molar-refractivity contribution in [3.63, 3.8) is 0 Å². The zero-order chi connectivity index (χ0) is 10.8. The Morgan fingerprint density at radius 1 is 1.06 bits per heavy atom. The maximum Gasteiger partial charge on any atom is 0.184 e. The lowest BCUT2D eigenvalue weighted by atomic mass is 10.2. The van der Waals surface area contributed by atoms with Gasteiger partial charge in [-0.1, -0.05) is 30.3 Å². The average molecular weight is 232 g/mol. The Morgan fingerprint density at radius 2 is 1.81 bits per heavy atom. The van der Waals surface area contributed by atoms with Crippen molar-refractivity contribution in [3.05, 3.63) is 47.3 Å². The average Bonchev–Trinajstić information content (AvgIpc) is 3.01. The lowest BCUT2D eigenvalue weighted by molar-refractivity contribution is -0.0437. The van der Waals surface area contributed by atoms with Gasteiger partial charge in [-0.25, -0.2) is 0 Å². The zero-order valence-corrected chi connectivity index (χ0v) is 9.57. The molecule has 0 N–H and O–H groups in total. The molecule has 1 aliphatic heterocycles. The first kappa shape index (κ1) is 10.0. The Hall–Kier alpha value is -1.16. The van der Waals surface area contributed by atoms with Gasteiger partial charge in [0.25, 0.3) is 0 Å². The third kappa shape index (κ3) is 1.89. The van der Waals surface area contributed by atoms with E-state index >= 15 is 0 Å². The van der Waals surface area contributed by atoms with Gasteiger partial charge < -0.3 is 9.47 Å². The van der Waals surface area contributed by atoms with E-state index in [1.165, 1.54) is 10.4 Å². The highest BCUT2D eigenvalue weighted by Crippen LogP contribution is 2.32. The standard InChI is InChI=1S/C13H12O2S/c1-2-4-10(5-3-1)12-8-11(9-16-12)13-14-6-7-15-13/h1-5,8-9,13H,6-7H2. The summed E-state index contributed by atoms with van der Waals surface area (Å²) in [5, 5.41) is 2.11. The lowest BCUT2D eigenvalue weighted by Gasteiger charge is -2.04. The molecule has 82 valence electrons. The van der Waals surface area contributed by atoms with Gasteiger partial charge in [0.1, 0.15) is 0 Å². The van der Waals surface area contributed by atoms with E-state index in [-0.39, 0.29) is 6.29 Å². The predicted molar refractivity (Wildman–Crippen MR) is 64.4 cm³/mol. The quantitative estimate of drug-likeness (QED) is 0.789. The Morgan fingerprint density at radius 3 is 2.56 bits per heavy atom. The smallest absolute Gasteiger partial charge is 0.184 e. The molecule has 3 rings (SSSR count). The second-order valence-electron chi connectivity index (χ2n) is 3.68. The number of rotatable bonds is 2. The van der Waals surface area contributed by atoms with Gasteiger partial charge in [0.05, 0.1) is 13.2 Å². The highest BCUT2D eigenvalue weighted by atomic mass is 32.1. The molecule has 0 amide bonds. The van der Waals surface area contributed by atoms with Crippen LogP contribution in [0.2, 0.25) is 0 Å². The van der Waals surface area contributed by atoms with Gasteiger partial charge in [-0.3, -0.25) is 0 Å². The molecule has 1 aliphatic rings. The monoisotopic (exact) mass is 232 g/mol. The fourth-order valence-corrected chi connectivity index (χ4v) is 2.70. The first-order chi connectivity index (χ1) is 7.93. The van der Waals surface area contributed by atoms with Gasteiger partial charge in [-0.15, -0.1) is 11.3 Å². The van der Waals surface area contributed by atoms with Gasteiger partial charge in [-0.2, -0.15) is 0 Å². The van der Waals surface area contributed by atoms with E-state index in [4.69, 9.17) is 9.47 Å². The summed E-state index contributed by atoms with van der Waals surface area (Å²) in [6, 6.07) is 12.5. The topological polar surface area (TPSA) is 18.5 Å². The van der Waals surface area contributed by atoms with Gasteiger partial charge in [0, 0.05) is 10.4 Å². The lowest BCUT2D eigenvalue weighted by Crippen LogP contribution is -1.94. The number of hydrogen-bond donors (Lipinski definition) is 0. The van der Waals surface area contributed by atoms with Gasteiger partial charge in [-0.05, 0) is 17.0 Å². The third-order valence-corrected chi connectivity index (χ3v) is 3.57. The Balaban J connectivity index is 1.87. The van der Waals surface area contributed by atoms with Crippen molar-refractivity contribution >= 4 is 11.3 Å². The van der Waals surface area contributed by atoms with E-state index in [1.54, 1.807) is 11.3 Å². The molecule has 1 aromatic carbocycles. The van der Waals surface area contributed by atoms with Crippen LogP contribution in [0.5, 0.6) is 0 Å². The molecular weight excluding hydrogens is 220 g/mol. The van der Waals surface area contributed by atoms with Gasteiger partial charge >= 0.3 is 0 Å². The summed E-state index contributed by atoms with van der Waals surface area (Å²) in [4.78, 5) is 1.26. The zero-order valence-electron chi connectivity index (χ0n) is 8.76. The molecule has 1 aromatic heterocycles. The maximum atomic E-state index is 5.47. The fraction of sp³-hybridized carbons (Fsp3) is 0.231. The van der Waals surface area contributed by atoms with Crippen LogP contribution >= 0.6 is 11.3 Å². The molecule has 0 atom stereocenters. The molecule has 0 bridgehead atoms. The largest absolute Gasteiger partial charge is 0.346 e. The SMILES string of the molecule is c1ccc(-c2cc(C3OCCO3)cs2)cc1. The van der Waals surface area contributed by atoms with Crippen LogP contribution in [0.3, 0.4) is 0 Å². The van der Waals surface area contributed by atoms with Crippen molar-refractivity contribution in [1.29, 1.82) is 0 Å². The molecule has 1 saturated heterocycles. The molecule has 0 spiro atoms. The molecule has 0 saturated carbocycles. The molecule has 3 heteroatoms. The Labute approximate surface area is 98.4 Å². The van der Waals surface area contributed by atoms with Crippen LogP contribution in [0.25, 0.3) is 10.4 Å². The van der Waals surface area contributed by atoms with Crippen molar-refractivity contribution in [1.82, 2.24) is 0 Å². The van der Waals surface area contributed by atoms with Crippen LogP contribution in [0.4, 0.5) is 0 Å². The minimum atomic E-state index is -0.159. The van der Waals surface area contributed by atoms with E-state index in [2.05, 4.69) is 35.7 Å². The first-order valence-electron chi connectivity index (χ1n) is 5.30. The summed E-state index contributed by atoms with van der Waals surface area (Å²) in [6.07, 6.45) is -0.159. The van der Waals surface area contributed by atoms with Crippen molar-refractivity contribution in [2.75, 3.05) is 13.2 Å². The minimum Gasteiger partial charge on any atom is -0.346 e. The number of thiophene rings is 1. The van der Waals surface area contributed by atoms with Crippen molar-refractivity contribution in [2.24, 2.45) is 0 Å². The molecule has 0 aliphatic carbocycles. The summed E-state index contributed by atoms with van der Waals surface area (Å²) in [5.74, 6) is 0. The predicted octanol–water partition coefficient (Wildman–Crippen LogP) is 3.46. The molecular formula is C13H12O2S. The first-order valence-corrected chi connectivity index (χ1v) is 6.18. The van der Waals surface area contributed by atoms with E-state index in [0.29, 0.717) is 13.2 Å². The molecule has 16 heavy (non-hydrogen) atoms. The molecule has 2 nitrogen and oxygen atoms in total. The molecule has 2 aromatic rings. The summed E-state index contributed by atoms with van der Waals surface area (Å²) in [6.45, 7) is 1.39. The highest BCUT2D eigenvalue weighted by molar-refractivity contribution is 7.13. The summed E-state index contributed by atoms with van der Waals surface area (Å²) in [7, 11) is 0. The van der Waals surface area contributed by atoms with Crippen molar-refractivity contribution in [3.8, 4) is 10.4 Å². The number of ether oxygens (including phenoxy) is 2. The number of benzene rings is 1. The highest BCUT2D eigenvalue weighted by Gasteiger charge is 2.19. The van der Waals surface area contributed by atoms with E-state index in [9.17, 15) is 0 Å². The summed E-state index contributed by atoms with van der Waals surface area (Å²) >= 11 is 1.73. The second kappa shape index (κ2) is 4.37. The van der Waals surface area contributed by atoms with Crippen molar-refractivity contribution < 1.29 is 9.47 Å². The van der Waals surface area contributed by atoms with E-state index < -0.39 is 0 Å². The third-order valence-electron chi connectivity index (χ3n) is 2.57. The van der Waals surface area contributed by atoms with Crippen molar-refractivity contribution in [2.45, 2.75) is 6.29 Å². The minimum absolute atomic E-state index is 0.159. The summed E-state index contributed by atoms with van der Waals surface area (Å²) < 4.78 is 10.9. The summed E-state index contributed by atoms with van der Waals surface area (Å²) in [5.41, 5.74) is 2.37. The van der Waals surface area contributed by atoms with E-state index in [0.717, 1.165) is 5.56 Å². The molecule has 0 unspecified atom stereocenters. The molecule has 0 radical (unpaired) electrons. The molecule has 2 heterocycles. The van der Waals surface area contributed by atoms with Crippen LogP contribution in [0.15, 0.2) is 41.8 Å². The van der Waals surface area contributed by atoms with Crippen LogP contribution in [-0.2, 0) is 9.47 Å². The normalized spacial score (nSPS) is 16.8. The Kier molecular flexibility index (Phi) is 2.74. The van der Waals surface area contributed by atoms with E-state index in [1.807, 2.05) is 6.07 Å². The van der Waals surface area contributed by atoms with Crippen LogP contribution in [-0.4, -0.2) is 13.2 Å². The van der Waals surface area contributed by atoms with Crippen LogP contribution in [0.1, 0.15) is 11.9 Å². The van der Waals surface area contributed by atoms with Gasteiger partial charge in [0.2, 0.25) is 0 Å². The number of hydrogen-bond acceptors (Lipinski definition) is 3. The van der Waals surface area contributed by atoms with Crippen LogP contribution in [0, 0.1) is 0 Å². The maximum absolute atomic E-state index is 5.47. The second-order valence-corrected chi connectivity index (χ2v) is 4.60. The Bertz CT molecular complexity index is 458.